The smallest absolute Gasteiger partial charge is 0.227 e. The summed E-state index contributed by atoms with van der Waals surface area (Å²) in [6.07, 6.45) is 7.76. The first-order valence-electron chi connectivity index (χ1n) is 7.52. The van der Waals surface area contributed by atoms with Crippen LogP contribution >= 0.6 is 0 Å². The van der Waals surface area contributed by atoms with Gasteiger partial charge in [-0.2, -0.15) is 0 Å². The molecule has 1 atom stereocenters. The summed E-state index contributed by atoms with van der Waals surface area (Å²) < 4.78 is 0. The SMILES string of the molecule is CC(C)(C)C(=O)N1CCCC(NC2CCCC2)C1. The molecule has 1 saturated heterocycles. The molecule has 1 amide bonds. The topological polar surface area (TPSA) is 32.3 Å². The van der Waals surface area contributed by atoms with E-state index in [0.717, 1.165) is 19.5 Å². The lowest BCUT2D eigenvalue weighted by Gasteiger charge is -2.37. The van der Waals surface area contributed by atoms with Crippen molar-refractivity contribution in [1.82, 2.24) is 10.2 Å². The van der Waals surface area contributed by atoms with Crippen molar-refractivity contribution in [3.8, 4) is 0 Å². The number of carbonyl (C=O) groups is 1. The van der Waals surface area contributed by atoms with Gasteiger partial charge in [0.05, 0.1) is 0 Å². The molecule has 1 N–H and O–H groups in total. The van der Waals surface area contributed by atoms with Crippen LogP contribution in [0, 0.1) is 5.41 Å². The van der Waals surface area contributed by atoms with E-state index in [1.54, 1.807) is 0 Å². The zero-order chi connectivity index (χ0) is 13.2. The Labute approximate surface area is 111 Å². The zero-order valence-electron chi connectivity index (χ0n) is 12.2. The van der Waals surface area contributed by atoms with Gasteiger partial charge >= 0.3 is 0 Å². The van der Waals surface area contributed by atoms with E-state index in [-0.39, 0.29) is 5.41 Å². The van der Waals surface area contributed by atoms with Gasteiger partial charge in [0.1, 0.15) is 0 Å². The third-order valence-electron chi connectivity index (χ3n) is 4.18. The van der Waals surface area contributed by atoms with Gasteiger partial charge in [-0.1, -0.05) is 33.6 Å². The Balaban J connectivity index is 1.86. The highest BCUT2D eigenvalue weighted by Gasteiger charge is 2.31. The van der Waals surface area contributed by atoms with E-state index < -0.39 is 0 Å². The minimum atomic E-state index is -0.241. The number of hydrogen-bond acceptors (Lipinski definition) is 2. The number of carbonyl (C=O) groups excluding carboxylic acids is 1. The maximum absolute atomic E-state index is 12.3. The van der Waals surface area contributed by atoms with Gasteiger partial charge in [0, 0.05) is 30.6 Å². The molecular weight excluding hydrogens is 224 g/mol. The maximum atomic E-state index is 12.3. The minimum absolute atomic E-state index is 0.241. The van der Waals surface area contributed by atoms with Crippen LogP contribution in [-0.4, -0.2) is 36.0 Å². The van der Waals surface area contributed by atoms with Crippen molar-refractivity contribution in [2.24, 2.45) is 5.41 Å². The summed E-state index contributed by atoms with van der Waals surface area (Å²) in [4.78, 5) is 14.4. The Morgan fingerprint density at radius 3 is 2.28 bits per heavy atom. The van der Waals surface area contributed by atoms with Gasteiger partial charge in [0.2, 0.25) is 5.91 Å². The number of nitrogens with one attached hydrogen (secondary N) is 1. The number of rotatable bonds is 2. The van der Waals surface area contributed by atoms with Gasteiger partial charge in [-0.3, -0.25) is 4.79 Å². The molecule has 1 aliphatic heterocycles. The summed E-state index contributed by atoms with van der Waals surface area (Å²) in [5, 5.41) is 3.76. The second-order valence-corrected chi connectivity index (χ2v) is 6.99. The largest absolute Gasteiger partial charge is 0.341 e. The van der Waals surface area contributed by atoms with Crippen molar-refractivity contribution in [3.63, 3.8) is 0 Å². The normalized spacial score (nSPS) is 26.6. The number of amides is 1. The Bertz CT molecular complexity index is 289. The van der Waals surface area contributed by atoms with Crippen molar-refractivity contribution in [1.29, 1.82) is 0 Å². The molecule has 1 heterocycles. The van der Waals surface area contributed by atoms with Crippen molar-refractivity contribution >= 4 is 5.91 Å². The summed E-state index contributed by atoms with van der Waals surface area (Å²) in [6, 6.07) is 1.23. The molecule has 3 heteroatoms. The first-order valence-corrected chi connectivity index (χ1v) is 7.52. The predicted octanol–water partition coefficient (Wildman–Crippen LogP) is 2.56. The number of hydrogen-bond donors (Lipinski definition) is 1. The van der Waals surface area contributed by atoms with E-state index in [1.807, 2.05) is 20.8 Å². The molecule has 1 saturated carbocycles. The van der Waals surface area contributed by atoms with Crippen LogP contribution in [0.15, 0.2) is 0 Å². The van der Waals surface area contributed by atoms with Crippen LogP contribution in [-0.2, 0) is 4.79 Å². The Hall–Kier alpha value is -0.570. The molecular formula is C15H28N2O. The average Bonchev–Trinajstić information content (AvgIpc) is 2.80. The van der Waals surface area contributed by atoms with Crippen molar-refractivity contribution in [3.05, 3.63) is 0 Å². The Kier molecular flexibility index (Phi) is 4.31. The third-order valence-corrected chi connectivity index (χ3v) is 4.18. The molecule has 2 aliphatic rings. The fourth-order valence-corrected chi connectivity index (χ4v) is 3.20. The van der Waals surface area contributed by atoms with Crippen LogP contribution in [0.4, 0.5) is 0 Å². The van der Waals surface area contributed by atoms with Crippen molar-refractivity contribution < 1.29 is 4.79 Å². The highest BCUT2D eigenvalue weighted by atomic mass is 16.2. The lowest BCUT2D eigenvalue weighted by atomic mass is 9.93. The molecule has 18 heavy (non-hydrogen) atoms. The molecule has 1 aliphatic carbocycles. The van der Waals surface area contributed by atoms with Gasteiger partial charge in [0.15, 0.2) is 0 Å². The van der Waals surface area contributed by atoms with E-state index in [4.69, 9.17) is 0 Å². The van der Waals surface area contributed by atoms with Crippen molar-refractivity contribution in [2.45, 2.75) is 71.4 Å². The lowest BCUT2D eigenvalue weighted by Crippen LogP contribution is -2.52. The van der Waals surface area contributed by atoms with E-state index in [1.165, 1.54) is 32.1 Å². The molecule has 0 aromatic rings. The summed E-state index contributed by atoms with van der Waals surface area (Å²) in [6.45, 7) is 7.90. The summed E-state index contributed by atoms with van der Waals surface area (Å²) >= 11 is 0. The van der Waals surface area contributed by atoms with Gasteiger partial charge in [-0.05, 0) is 25.7 Å². The summed E-state index contributed by atoms with van der Waals surface area (Å²) in [5.74, 6) is 0.306. The zero-order valence-corrected chi connectivity index (χ0v) is 12.2. The predicted molar refractivity (Wildman–Crippen MR) is 74.4 cm³/mol. The maximum Gasteiger partial charge on any atom is 0.227 e. The number of nitrogens with zero attached hydrogens (tertiary/aromatic N) is 1. The molecule has 3 nitrogen and oxygen atoms in total. The molecule has 2 fully saturated rings. The monoisotopic (exact) mass is 252 g/mol. The number of piperidine rings is 1. The van der Waals surface area contributed by atoms with E-state index in [0.29, 0.717) is 18.0 Å². The number of likely N-dealkylation sites (tertiary alicyclic amines) is 1. The Morgan fingerprint density at radius 1 is 1.06 bits per heavy atom. The molecule has 0 aromatic carbocycles. The molecule has 0 aromatic heterocycles. The van der Waals surface area contributed by atoms with Gasteiger partial charge < -0.3 is 10.2 Å². The second-order valence-electron chi connectivity index (χ2n) is 6.99. The van der Waals surface area contributed by atoms with Gasteiger partial charge in [-0.25, -0.2) is 0 Å². The summed E-state index contributed by atoms with van der Waals surface area (Å²) in [5.41, 5.74) is -0.241. The lowest BCUT2D eigenvalue weighted by molar-refractivity contribution is -0.140. The first kappa shape index (κ1) is 13.9. The fraction of sp³-hybridized carbons (Fsp3) is 0.933. The fourth-order valence-electron chi connectivity index (χ4n) is 3.20. The van der Waals surface area contributed by atoms with Gasteiger partial charge in [0.25, 0.3) is 0 Å². The van der Waals surface area contributed by atoms with Crippen LogP contribution in [0.25, 0.3) is 0 Å². The standard InChI is InChI=1S/C15H28N2O/c1-15(2,3)14(18)17-10-6-9-13(11-17)16-12-7-4-5-8-12/h12-13,16H,4-11H2,1-3H3. The van der Waals surface area contributed by atoms with E-state index in [2.05, 4.69) is 10.2 Å². The van der Waals surface area contributed by atoms with E-state index >= 15 is 0 Å². The second kappa shape index (κ2) is 5.60. The van der Waals surface area contributed by atoms with Crippen molar-refractivity contribution in [2.75, 3.05) is 13.1 Å². The highest BCUT2D eigenvalue weighted by molar-refractivity contribution is 5.81. The molecule has 0 spiro atoms. The van der Waals surface area contributed by atoms with Crippen LogP contribution < -0.4 is 5.32 Å². The van der Waals surface area contributed by atoms with Crippen LogP contribution in [0.2, 0.25) is 0 Å². The molecule has 104 valence electrons. The first-order chi connectivity index (χ1) is 8.47. The quantitative estimate of drug-likeness (QED) is 0.819. The van der Waals surface area contributed by atoms with Gasteiger partial charge in [-0.15, -0.1) is 0 Å². The van der Waals surface area contributed by atoms with Crippen LogP contribution in [0.5, 0.6) is 0 Å². The van der Waals surface area contributed by atoms with E-state index in [9.17, 15) is 4.79 Å². The molecule has 1 unspecified atom stereocenters. The molecule has 0 bridgehead atoms. The average molecular weight is 252 g/mol. The Morgan fingerprint density at radius 2 is 1.67 bits per heavy atom. The summed E-state index contributed by atoms with van der Waals surface area (Å²) in [7, 11) is 0. The molecule has 2 rings (SSSR count). The van der Waals surface area contributed by atoms with Crippen LogP contribution in [0.3, 0.4) is 0 Å². The van der Waals surface area contributed by atoms with Crippen LogP contribution in [0.1, 0.15) is 59.3 Å². The third kappa shape index (κ3) is 3.47. The minimum Gasteiger partial charge on any atom is -0.341 e. The molecule has 0 radical (unpaired) electrons. The highest BCUT2D eigenvalue weighted by Crippen LogP contribution is 2.23.